The Kier molecular flexibility index (Phi) is 6.05. The molecule has 1 aliphatic carbocycles. The fraction of sp³-hybridized carbons (Fsp3) is 0.933. The van der Waals surface area contributed by atoms with E-state index < -0.39 is 10.0 Å². The summed E-state index contributed by atoms with van der Waals surface area (Å²) in [5.41, 5.74) is 0. The van der Waals surface area contributed by atoms with Gasteiger partial charge in [0.15, 0.2) is 0 Å². The molecule has 0 aromatic carbocycles. The minimum Gasteiger partial charge on any atom is -0.341 e. The molecule has 21 heavy (non-hydrogen) atoms. The molecular formula is C15H28N2O3S. The molecule has 1 amide bonds. The van der Waals surface area contributed by atoms with Crippen molar-refractivity contribution in [2.75, 3.05) is 32.4 Å². The Bertz CT molecular complexity index is 444. The number of amides is 1. The summed E-state index contributed by atoms with van der Waals surface area (Å²) in [5, 5.41) is 0. The summed E-state index contributed by atoms with van der Waals surface area (Å²) in [6, 6.07) is 0. The Morgan fingerprint density at radius 2 is 1.71 bits per heavy atom. The van der Waals surface area contributed by atoms with E-state index in [0.29, 0.717) is 32.6 Å². The zero-order chi connectivity index (χ0) is 15.3. The second kappa shape index (κ2) is 7.58. The monoisotopic (exact) mass is 316 g/mol. The van der Waals surface area contributed by atoms with E-state index in [4.69, 9.17) is 0 Å². The number of hydrogen-bond acceptors (Lipinski definition) is 3. The molecule has 2 rings (SSSR count). The van der Waals surface area contributed by atoms with Crippen LogP contribution in [0, 0.1) is 5.92 Å². The molecule has 0 atom stereocenters. The van der Waals surface area contributed by atoms with Gasteiger partial charge < -0.3 is 4.90 Å². The number of carbonyl (C=O) groups is 1. The van der Waals surface area contributed by atoms with Crippen LogP contribution in [0.5, 0.6) is 0 Å². The standard InChI is InChI=1S/C15H28N2O3S/c1-21(19,20)17-11-5-10-16(12-13-17)15(18)9-8-14-6-3-2-4-7-14/h14H,2-13H2,1H3. The summed E-state index contributed by atoms with van der Waals surface area (Å²) in [6.45, 7) is 2.20. The minimum absolute atomic E-state index is 0.205. The van der Waals surface area contributed by atoms with Gasteiger partial charge in [-0.1, -0.05) is 32.1 Å². The zero-order valence-electron chi connectivity index (χ0n) is 13.1. The van der Waals surface area contributed by atoms with Crippen molar-refractivity contribution in [3.8, 4) is 0 Å². The van der Waals surface area contributed by atoms with E-state index >= 15 is 0 Å². The molecule has 1 aliphatic heterocycles. The molecule has 0 bridgehead atoms. The highest BCUT2D eigenvalue weighted by atomic mass is 32.2. The zero-order valence-corrected chi connectivity index (χ0v) is 13.9. The van der Waals surface area contributed by atoms with Gasteiger partial charge in [-0.05, 0) is 18.8 Å². The van der Waals surface area contributed by atoms with Gasteiger partial charge in [-0.25, -0.2) is 12.7 Å². The fourth-order valence-electron chi connectivity index (χ4n) is 3.44. The smallest absolute Gasteiger partial charge is 0.222 e. The molecule has 1 heterocycles. The van der Waals surface area contributed by atoms with E-state index in [-0.39, 0.29) is 5.91 Å². The molecule has 2 aliphatic rings. The molecule has 0 aromatic heterocycles. The third kappa shape index (κ3) is 5.25. The molecular weight excluding hydrogens is 288 g/mol. The molecule has 0 spiro atoms. The molecule has 2 fully saturated rings. The largest absolute Gasteiger partial charge is 0.341 e. The molecule has 1 saturated heterocycles. The molecule has 122 valence electrons. The van der Waals surface area contributed by atoms with Gasteiger partial charge >= 0.3 is 0 Å². The average Bonchev–Trinajstić information content (AvgIpc) is 2.71. The van der Waals surface area contributed by atoms with Crippen molar-refractivity contribution in [1.82, 2.24) is 9.21 Å². The summed E-state index contributed by atoms with van der Waals surface area (Å²) in [6.07, 6.45) is 10.1. The van der Waals surface area contributed by atoms with Crippen molar-refractivity contribution in [2.45, 2.75) is 51.4 Å². The normalized spacial score (nSPS) is 23.0. The Morgan fingerprint density at radius 3 is 2.38 bits per heavy atom. The van der Waals surface area contributed by atoms with Crippen LogP contribution >= 0.6 is 0 Å². The van der Waals surface area contributed by atoms with Crippen LogP contribution in [0.4, 0.5) is 0 Å². The molecule has 1 saturated carbocycles. The lowest BCUT2D eigenvalue weighted by molar-refractivity contribution is -0.131. The van der Waals surface area contributed by atoms with Crippen molar-refractivity contribution in [2.24, 2.45) is 5.92 Å². The fourth-order valence-corrected chi connectivity index (χ4v) is 4.31. The predicted octanol–water partition coefficient (Wildman–Crippen LogP) is 1.84. The Balaban J connectivity index is 1.77. The van der Waals surface area contributed by atoms with Gasteiger partial charge in [0, 0.05) is 32.6 Å². The Morgan fingerprint density at radius 1 is 1.00 bits per heavy atom. The summed E-state index contributed by atoms with van der Waals surface area (Å²) in [5.74, 6) is 0.929. The van der Waals surface area contributed by atoms with Crippen LogP contribution in [-0.4, -0.2) is 56.0 Å². The molecule has 0 radical (unpaired) electrons. The lowest BCUT2D eigenvalue weighted by Gasteiger charge is -2.24. The van der Waals surface area contributed by atoms with Gasteiger partial charge in [0.05, 0.1) is 6.26 Å². The van der Waals surface area contributed by atoms with Gasteiger partial charge in [0.1, 0.15) is 0 Å². The van der Waals surface area contributed by atoms with Crippen molar-refractivity contribution < 1.29 is 13.2 Å². The summed E-state index contributed by atoms with van der Waals surface area (Å²) >= 11 is 0. The minimum atomic E-state index is -3.13. The Labute approximate surface area is 128 Å². The summed E-state index contributed by atoms with van der Waals surface area (Å²) in [4.78, 5) is 14.2. The third-order valence-electron chi connectivity index (χ3n) is 4.77. The maximum Gasteiger partial charge on any atom is 0.222 e. The first-order valence-corrected chi connectivity index (χ1v) is 10.0. The van der Waals surface area contributed by atoms with E-state index in [1.54, 1.807) is 0 Å². The van der Waals surface area contributed by atoms with Crippen LogP contribution in [0.15, 0.2) is 0 Å². The van der Waals surface area contributed by atoms with Gasteiger partial charge in [-0.2, -0.15) is 0 Å². The first-order valence-electron chi connectivity index (χ1n) is 8.20. The quantitative estimate of drug-likeness (QED) is 0.795. The highest BCUT2D eigenvalue weighted by Gasteiger charge is 2.24. The van der Waals surface area contributed by atoms with Crippen LogP contribution in [0.3, 0.4) is 0 Å². The van der Waals surface area contributed by atoms with Crippen LogP contribution in [-0.2, 0) is 14.8 Å². The van der Waals surface area contributed by atoms with E-state index in [0.717, 1.165) is 18.8 Å². The summed E-state index contributed by atoms with van der Waals surface area (Å²) in [7, 11) is -3.13. The van der Waals surface area contributed by atoms with Gasteiger partial charge in [0.2, 0.25) is 15.9 Å². The van der Waals surface area contributed by atoms with Crippen LogP contribution in [0.2, 0.25) is 0 Å². The predicted molar refractivity (Wildman–Crippen MR) is 83.4 cm³/mol. The maximum atomic E-state index is 12.3. The highest BCUT2D eigenvalue weighted by Crippen LogP contribution is 2.27. The van der Waals surface area contributed by atoms with E-state index in [9.17, 15) is 13.2 Å². The lowest BCUT2D eigenvalue weighted by atomic mass is 9.86. The van der Waals surface area contributed by atoms with Crippen LogP contribution in [0.1, 0.15) is 51.4 Å². The van der Waals surface area contributed by atoms with E-state index in [2.05, 4.69) is 0 Å². The molecule has 6 heteroatoms. The van der Waals surface area contributed by atoms with Crippen molar-refractivity contribution in [3.63, 3.8) is 0 Å². The number of rotatable bonds is 4. The van der Waals surface area contributed by atoms with Crippen molar-refractivity contribution >= 4 is 15.9 Å². The highest BCUT2D eigenvalue weighted by molar-refractivity contribution is 7.88. The van der Waals surface area contributed by atoms with E-state index in [1.165, 1.54) is 42.7 Å². The third-order valence-corrected chi connectivity index (χ3v) is 6.07. The number of carbonyl (C=O) groups excluding carboxylic acids is 1. The van der Waals surface area contributed by atoms with Crippen LogP contribution < -0.4 is 0 Å². The molecule has 0 N–H and O–H groups in total. The Hall–Kier alpha value is -0.620. The first-order chi connectivity index (χ1) is 9.97. The summed E-state index contributed by atoms with van der Waals surface area (Å²) < 4.78 is 24.6. The number of hydrogen-bond donors (Lipinski definition) is 0. The van der Waals surface area contributed by atoms with Gasteiger partial charge in [-0.3, -0.25) is 4.79 Å². The van der Waals surface area contributed by atoms with Gasteiger partial charge in [-0.15, -0.1) is 0 Å². The topological polar surface area (TPSA) is 57.7 Å². The average molecular weight is 316 g/mol. The maximum absolute atomic E-state index is 12.3. The number of nitrogens with zero attached hydrogens (tertiary/aromatic N) is 2. The van der Waals surface area contributed by atoms with Crippen molar-refractivity contribution in [1.29, 1.82) is 0 Å². The second-order valence-electron chi connectivity index (χ2n) is 6.44. The van der Waals surface area contributed by atoms with Crippen LogP contribution in [0.25, 0.3) is 0 Å². The lowest BCUT2D eigenvalue weighted by Crippen LogP contribution is -2.37. The first kappa shape index (κ1) is 16.7. The van der Waals surface area contributed by atoms with Crippen molar-refractivity contribution in [3.05, 3.63) is 0 Å². The van der Waals surface area contributed by atoms with E-state index in [1.807, 2.05) is 4.90 Å². The van der Waals surface area contributed by atoms with Gasteiger partial charge in [0.25, 0.3) is 0 Å². The molecule has 0 aromatic rings. The number of sulfonamides is 1. The molecule has 5 nitrogen and oxygen atoms in total. The molecule has 0 unspecified atom stereocenters. The SMILES string of the molecule is CS(=O)(=O)N1CCCN(C(=O)CCC2CCCCC2)CC1. The second-order valence-corrected chi connectivity index (χ2v) is 8.42.